The van der Waals surface area contributed by atoms with Crippen LogP contribution in [0.2, 0.25) is 0 Å². The Bertz CT molecular complexity index is 1300. The van der Waals surface area contributed by atoms with Crippen LogP contribution in [0.15, 0.2) is 36.8 Å². The number of anilines is 1. The molecule has 1 aliphatic rings. The molecular formula is C22H19F7N6OS. The van der Waals surface area contributed by atoms with Crippen molar-refractivity contribution in [1.82, 2.24) is 25.1 Å². The molecule has 1 aromatic carbocycles. The molecule has 3 aromatic rings. The number of nitrogens with one attached hydrogen (secondary N) is 2. The molecule has 0 radical (unpaired) electrons. The molecule has 2 N–H and O–H groups in total. The third-order valence-electron chi connectivity index (χ3n) is 5.37. The minimum Gasteiger partial charge on any atom is -0.324 e. The lowest BCUT2D eigenvalue weighted by atomic mass is 10.1. The van der Waals surface area contributed by atoms with E-state index in [9.17, 15) is 35.5 Å². The van der Waals surface area contributed by atoms with Crippen LogP contribution in [-0.4, -0.2) is 43.5 Å². The predicted molar refractivity (Wildman–Crippen MR) is 120 cm³/mol. The van der Waals surface area contributed by atoms with Gasteiger partial charge in [0.25, 0.3) is 5.92 Å². The summed E-state index contributed by atoms with van der Waals surface area (Å²) in [5.74, 6) is -6.12. The summed E-state index contributed by atoms with van der Waals surface area (Å²) in [5, 5.41) is 8.26. The monoisotopic (exact) mass is 548 g/mol. The van der Waals surface area contributed by atoms with Gasteiger partial charge in [-0.05, 0) is 18.6 Å². The van der Waals surface area contributed by atoms with Crippen LogP contribution >= 0.6 is 11.8 Å². The Hall–Kier alpha value is -3.20. The van der Waals surface area contributed by atoms with Crippen LogP contribution in [0.3, 0.4) is 0 Å². The Morgan fingerprint density at radius 3 is 2.70 bits per heavy atom. The maximum atomic E-state index is 14.7. The zero-order valence-electron chi connectivity index (χ0n) is 19.0. The van der Waals surface area contributed by atoms with Crippen LogP contribution in [0, 0.1) is 11.6 Å². The van der Waals surface area contributed by atoms with Crippen molar-refractivity contribution in [3.05, 3.63) is 65.4 Å². The maximum Gasteiger partial charge on any atom is 0.419 e. The Labute approximate surface area is 209 Å². The van der Waals surface area contributed by atoms with E-state index in [1.54, 1.807) is 6.92 Å². The lowest BCUT2D eigenvalue weighted by molar-refractivity contribution is -0.140. The fourth-order valence-electron chi connectivity index (χ4n) is 3.63. The number of amides is 1. The van der Waals surface area contributed by atoms with Gasteiger partial charge in [-0.1, -0.05) is 12.1 Å². The molecule has 2 aromatic heterocycles. The van der Waals surface area contributed by atoms with Crippen molar-refractivity contribution in [3.63, 3.8) is 0 Å². The average molecular weight is 548 g/mol. The van der Waals surface area contributed by atoms with Gasteiger partial charge in [-0.3, -0.25) is 10.1 Å². The molecule has 2 atom stereocenters. The van der Waals surface area contributed by atoms with Gasteiger partial charge in [0.15, 0.2) is 17.5 Å². The van der Waals surface area contributed by atoms with Gasteiger partial charge in [0.1, 0.15) is 12.1 Å². The molecule has 4 rings (SSSR count). The highest BCUT2D eigenvalue weighted by molar-refractivity contribution is 8.00. The van der Waals surface area contributed by atoms with Crippen LogP contribution in [0.25, 0.3) is 5.82 Å². The normalized spacial score (nSPS) is 18.1. The lowest BCUT2D eigenvalue weighted by Crippen LogP contribution is -2.21. The molecule has 1 amide bonds. The topological polar surface area (TPSA) is 84.7 Å². The Morgan fingerprint density at radius 1 is 1.30 bits per heavy atom. The molecule has 0 bridgehead atoms. The van der Waals surface area contributed by atoms with Gasteiger partial charge in [-0.25, -0.2) is 27.5 Å². The largest absolute Gasteiger partial charge is 0.419 e. The van der Waals surface area contributed by atoms with Gasteiger partial charge in [0.2, 0.25) is 5.91 Å². The Morgan fingerprint density at radius 2 is 2.05 bits per heavy atom. The maximum absolute atomic E-state index is 14.7. The van der Waals surface area contributed by atoms with Gasteiger partial charge >= 0.3 is 6.18 Å². The summed E-state index contributed by atoms with van der Waals surface area (Å²) >= 11 is 1.21. The highest BCUT2D eigenvalue weighted by Gasteiger charge is 2.40. The number of halogens is 7. The van der Waals surface area contributed by atoms with E-state index in [0.29, 0.717) is 6.07 Å². The second kappa shape index (κ2) is 10.3. The van der Waals surface area contributed by atoms with Crippen molar-refractivity contribution in [2.45, 2.75) is 42.5 Å². The number of hydrogen-bond acceptors (Lipinski definition) is 6. The van der Waals surface area contributed by atoms with E-state index in [1.165, 1.54) is 18.1 Å². The summed E-state index contributed by atoms with van der Waals surface area (Å²) in [6.07, 6.45) is -3.68. The van der Waals surface area contributed by atoms with Crippen LogP contribution in [0.4, 0.5) is 36.4 Å². The van der Waals surface area contributed by atoms with Crippen LogP contribution in [-0.2, 0) is 17.4 Å². The number of rotatable bonds is 7. The fourth-order valence-corrected chi connectivity index (χ4v) is 4.87. The number of benzene rings is 1. The third kappa shape index (κ3) is 6.39. The van der Waals surface area contributed by atoms with Crippen LogP contribution in [0.1, 0.15) is 35.5 Å². The molecule has 3 heterocycles. The molecule has 0 saturated carbocycles. The molecular weight excluding hydrogens is 529 g/mol. The smallest absolute Gasteiger partial charge is 0.324 e. The fraction of sp³-hybridized carbons (Fsp3) is 0.364. The minimum atomic E-state index is -4.92. The first-order valence-electron chi connectivity index (χ1n) is 10.8. The minimum absolute atomic E-state index is 0.115. The van der Waals surface area contributed by atoms with Crippen molar-refractivity contribution in [3.8, 4) is 5.82 Å². The zero-order chi connectivity index (χ0) is 27.0. The van der Waals surface area contributed by atoms with Crippen LogP contribution < -0.4 is 10.6 Å². The number of alkyl halides is 5. The number of carbonyl (C=O) groups is 1. The van der Waals surface area contributed by atoms with Gasteiger partial charge in [-0.2, -0.15) is 17.9 Å². The quantitative estimate of drug-likeness (QED) is 0.409. The van der Waals surface area contributed by atoms with Gasteiger partial charge < -0.3 is 5.32 Å². The standard InChI is InChI=1S/C22H19F7N6OS/c1-11(37-17-7-21(25,26)9-31-17)19-32-10-35(34-19)20-15(23)6-13(8-30-20)33-16(36)5-12-3-2-4-14(18(12)24)22(27,28)29/h2-4,6,8,10-11,17,31H,5,7,9H2,1H3,(H,33,36)/t11-,17?/m0/s1. The highest BCUT2D eigenvalue weighted by Crippen LogP contribution is 2.37. The summed E-state index contributed by atoms with van der Waals surface area (Å²) in [5.41, 5.74) is -2.08. The molecule has 1 fully saturated rings. The SMILES string of the molecule is C[C@H](SC1CC(F)(F)CN1)c1ncn(-c2ncc(NC(=O)Cc3cccc(C(F)(F)F)c3F)cc2F)n1. The van der Waals surface area contributed by atoms with Crippen molar-refractivity contribution < 1.29 is 35.5 Å². The van der Waals surface area contributed by atoms with E-state index in [4.69, 9.17) is 0 Å². The van der Waals surface area contributed by atoms with E-state index in [0.717, 1.165) is 29.1 Å². The second-order valence-electron chi connectivity index (χ2n) is 8.29. The summed E-state index contributed by atoms with van der Waals surface area (Å²) in [4.78, 5) is 20.2. The molecule has 37 heavy (non-hydrogen) atoms. The molecule has 1 unspecified atom stereocenters. The summed E-state index contributed by atoms with van der Waals surface area (Å²) in [7, 11) is 0. The Kier molecular flexibility index (Phi) is 7.46. The van der Waals surface area contributed by atoms with E-state index < -0.39 is 59.1 Å². The number of carbonyl (C=O) groups excluding carboxylic acids is 1. The second-order valence-corrected chi connectivity index (χ2v) is 9.83. The van der Waals surface area contributed by atoms with E-state index >= 15 is 0 Å². The van der Waals surface area contributed by atoms with E-state index in [-0.39, 0.29) is 29.0 Å². The van der Waals surface area contributed by atoms with Gasteiger partial charge in [0.05, 0.1) is 41.0 Å². The number of aromatic nitrogens is 4. The molecule has 15 heteroatoms. The average Bonchev–Trinajstić information content (AvgIpc) is 3.41. The zero-order valence-corrected chi connectivity index (χ0v) is 19.8. The molecule has 1 saturated heterocycles. The molecule has 0 spiro atoms. The number of thioether (sulfide) groups is 1. The summed E-state index contributed by atoms with van der Waals surface area (Å²) in [6.45, 7) is 1.31. The lowest BCUT2D eigenvalue weighted by Gasteiger charge is -2.13. The molecule has 7 nitrogen and oxygen atoms in total. The van der Waals surface area contributed by atoms with Crippen molar-refractivity contribution in [2.24, 2.45) is 0 Å². The van der Waals surface area contributed by atoms with Crippen molar-refractivity contribution >= 4 is 23.4 Å². The molecule has 1 aliphatic heterocycles. The first kappa shape index (κ1) is 26.9. The first-order chi connectivity index (χ1) is 17.3. The van der Waals surface area contributed by atoms with E-state index in [1.807, 2.05) is 0 Å². The third-order valence-corrected chi connectivity index (χ3v) is 6.65. The Balaban J connectivity index is 1.40. The summed E-state index contributed by atoms with van der Waals surface area (Å²) < 4.78 is 95.2. The number of hydrogen-bond donors (Lipinski definition) is 2. The van der Waals surface area contributed by atoms with E-state index in [2.05, 4.69) is 25.7 Å². The predicted octanol–water partition coefficient (Wildman–Crippen LogP) is 4.89. The number of nitrogens with zero attached hydrogens (tertiary/aromatic N) is 4. The van der Waals surface area contributed by atoms with Crippen molar-refractivity contribution in [2.75, 3.05) is 11.9 Å². The molecule has 0 aliphatic carbocycles. The van der Waals surface area contributed by atoms with Gasteiger partial charge in [-0.15, -0.1) is 16.9 Å². The first-order valence-corrected chi connectivity index (χ1v) is 11.8. The van der Waals surface area contributed by atoms with Crippen molar-refractivity contribution in [1.29, 1.82) is 0 Å². The van der Waals surface area contributed by atoms with Gasteiger partial charge in [0, 0.05) is 12.5 Å². The highest BCUT2D eigenvalue weighted by atomic mass is 32.2. The van der Waals surface area contributed by atoms with Crippen LogP contribution in [0.5, 0.6) is 0 Å². The molecule has 198 valence electrons. The number of pyridine rings is 1. The summed E-state index contributed by atoms with van der Waals surface area (Å²) in [6, 6.07) is 3.50.